The normalized spacial score (nSPS) is 17.4. The van der Waals surface area contributed by atoms with E-state index in [-0.39, 0.29) is 17.1 Å². The van der Waals surface area contributed by atoms with Crippen molar-refractivity contribution in [1.29, 1.82) is 0 Å². The van der Waals surface area contributed by atoms with Crippen molar-refractivity contribution in [3.63, 3.8) is 0 Å². The molecule has 0 aliphatic heterocycles. The van der Waals surface area contributed by atoms with E-state index in [9.17, 15) is 4.79 Å². The van der Waals surface area contributed by atoms with Crippen molar-refractivity contribution in [2.24, 2.45) is 5.73 Å². The molecule has 0 spiro atoms. The number of hydrogen-bond acceptors (Lipinski definition) is 5. The van der Waals surface area contributed by atoms with Crippen molar-refractivity contribution in [1.82, 2.24) is 15.5 Å². The van der Waals surface area contributed by atoms with Crippen LogP contribution in [0.1, 0.15) is 36.2 Å². The van der Waals surface area contributed by atoms with Crippen molar-refractivity contribution in [3.8, 4) is 5.88 Å². The summed E-state index contributed by atoms with van der Waals surface area (Å²) in [6.07, 6.45) is 4.27. The van der Waals surface area contributed by atoms with Gasteiger partial charge in [0.15, 0.2) is 5.69 Å². The average Bonchev–Trinajstić information content (AvgIpc) is 2.83. The van der Waals surface area contributed by atoms with Crippen LogP contribution in [-0.2, 0) is 0 Å². The van der Waals surface area contributed by atoms with E-state index in [1.807, 2.05) is 0 Å². The lowest BCUT2D eigenvalue weighted by atomic mass is 10.0. The summed E-state index contributed by atoms with van der Waals surface area (Å²) in [4.78, 5) is 11.3. The van der Waals surface area contributed by atoms with Crippen LogP contribution in [0.4, 0.5) is 0 Å². The van der Waals surface area contributed by atoms with Gasteiger partial charge in [0.25, 0.3) is 5.91 Å². The fourth-order valence-electron chi connectivity index (χ4n) is 2.09. The van der Waals surface area contributed by atoms with Gasteiger partial charge in [0.2, 0.25) is 5.88 Å². The molecule has 2 rings (SSSR count). The molecular formula is C12H18N4O2. The SMILES string of the molecule is CNC(=O)c1ccc(OCC2(N)CCCC2)nn1. The summed E-state index contributed by atoms with van der Waals surface area (Å²) < 4.78 is 5.53. The van der Waals surface area contributed by atoms with E-state index in [4.69, 9.17) is 10.5 Å². The molecule has 3 N–H and O–H groups in total. The molecule has 1 amide bonds. The Kier molecular flexibility index (Phi) is 3.76. The molecule has 1 fully saturated rings. The molecule has 98 valence electrons. The fourth-order valence-corrected chi connectivity index (χ4v) is 2.09. The molecule has 1 aromatic heterocycles. The summed E-state index contributed by atoms with van der Waals surface area (Å²) in [7, 11) is 1.55. The summed E-state index contributed by atoms with van der Waals surface area (Å²) in [5, 5.41) is 10.1. The molecule has 0 bridgehead atoms. The zero-order chi connectivity index (χ0) is 13.0. The lowest BCUT2D eigenvalue weighted by molar-refractivity contribution is 0.0956. The number of rotatable bonds is 4. The van der Waals surface area contributed by atoms with Crippen LogP contribution >= 0.6 is 0 Å². The largest absolute Gasteiger partial charge is 0.475 e. The van der Waals surface area contributed by atoms with Crippen LogP contribution in [0.2, 0.25) is 0 Å². The number of amides is 1. The Hall–Kier alpha value is -1.69. The number of aromatic nitrogens is 2. The molecule has 6 nitrogen and oxygen atoms in total. The highest BCUT2D eigenvalue weighted by atomic mass is 16.5. The Morgan fingerprint density at radius 2 is 2.17 bits per heavy atom. The van der Waals surface area contributed by atoms with Crippen LogP contribution in [0, 0.1) is 0 Å². The van der Waals surface area contributed by atoms with Crippen LogP contribution in [0.15, 0.2) is 12.1 Å². The predicted molar refractivity (Wildman–Crippen MR) is 66.3 cm³/mol. The van der Waals surface area contributed by atoms with Gasteiger partial charge in [-0.1, -0.05) is 12.8 Å². The average molecular weight is 250 g/mol. The maximum absolute atomic E-state index is 11.3. The second kappa shape index (κ2) is 5.30. The van der Waals surface area contributed by atoms with Crippen LogP contribution in [0.25, 0.3) is 0 Å². The molecule has 6 heteroatoms. The Bertz CT molecular complexity index is 413. The van der Waals surface area contributed by atoms with Crippen molar-refractivity contribution in [3.05, 3.63) is 17.8 Å². The Morgan fingerprint density at radius 3 is 2.72 bits per heavy atom. The highest BCUT2D eigenvalue weighted by Gasteiger charge is 2.30. The van der Waals surface area contributed by atoms with Gasteiger partial charge < -0.3 is 15.8 Å². The number of nitrogens with two attached hydrogens (primary N) is 1. The third kappa shape index (κ3) is 2.95. The summed E-state index contributed by atoms with van der Waals surface area (Å²) in [5.41, 5.74) is 6.21. The monoisotopic (exact) mass is 250 g/mol. The molecule has 1 saturated carbocycles. The summed E-state index contributed by atoms with van der Waals surface area (Å²) in [5.74, 6) is 0.138. The zero-order valence-electron chi connectivity index (χ0n) is 10.5. The topological polar surface area (TPSA) is 90.1 Å². The Labute approximate surface area is 106 Å². The number of hydrogen-bond donors (Lipinski definition) is 2. The molecule has 0 atom stereocenters. The minimum Gasteiger partial charge on any atom is -0.475 e. The van der Waals surface area contributed by atoms with Gasteiger partial charge in [0, 0.05) is 13.1 Å². The molecule has 1 aliphatic carbocycles. The molecule has 1 heterocycles. The van der Waals surface area contributed by atoms with Crippen molar-refractivity contribution >= 4 is 5.91 Å². The van der Waals surface area contributed by atoms with E-state index in [2.05, 4.69) is 15.5 Å². The fraction of sp³-hybridized carbons (Fsp3) is 0.583. The van der Waals surface area contributed by atoms with Gasteiger partial charge in [-0.15, -0.1) is 10.2 Å². The van der Waals surface area contributed by atoms with Gasteiger partial charge in [-0.05, 0) is 18.9 Å². The van der Waals surface area contributed by atoms with Gasteiger partial charge in [0.1, 0.15) is 6.61 Å². The molecule has 1 aromatic rings. The zero-order valence-corrected chi connectivity index (χ0v) is 10.5. The third-order valence-electron chi connectivity index (χ3n) is 3.21. The van der Waals surface area contributed by atoms with Crippen molar-refractivity contribution in [2.75, 3.05) is 13.7 Å². The predicted octanol–water partition coefficient (Wildman–Crippen LogP) is 0.486. The van der Waals surface area contributed by atoms with E-state index in [0.29, 0.717) is 12.5 Å². The minimum atomic E-state index is -0.264. The van der Waals surface area contributed by atoms with Crippen LogP contribution in [0.5, 0.6) is 5.88 Å². The Morgan fingerprint density at radius 1 is 1.44 bits per heavy atom. The number of carbonyl (C=O) groups excluding carboxylic acids is 1. The number of nitrogens with one attached hydrogen (secondary N) is 1. The summed E-state index contributed by atoms with van der Waals surface area (Å²) in [6.45, 7) is 0.445. The van der Waals surface area contributed by atoms with Gasteiger partial charge >= 0.3 is 0 Å². The highest BCUT2D eigenvalue weighted by molar-refractivity contribution is 5.91. The van der Waals surface area contributed by atoms with E-state index < -0.39 is 0 Å². The van der Waals surface area contributed by atoms with Crippen LogP contribution in [-0.4, -0.2) is 35.3 Å². The first-order valence-electron chi connectivity index (χ1n) is 6.10. The second-order valence-corrected chi connectivity index (χ2v) is 4.69. The molecule has 1 aliphatic rings. The maximum atomic E-state index is 11.3. The van der Waals surface area contributed by atoms with Gasteiger partial charge in [-0.25, -0.2) is 0 Å². The third-order valence-corrected chi connectivity index (χ3v) is 3.21. The minimum absolute atomic E-state index is 0.235. The van der Waals surface area contributed by atoms with E-state index >= 15 is 0 Å². The lowest BCUT2D eigenvalue weighted by Gasteiger charge is -2.22. The molecular weight excluding hydrogens is 232 g/mol. The van der Waals surface area contributed by atoms with E-state index in [1.165, 1.54) is 0 Å². The van der Waals surface area contributed by atoms with E-state index in [1.54, 1.807) is 19.2 Å². The van der Waals surface area contributed by atoms with Crippen molar-refractivity contribution in [2.45, 2.75) is 31.2 Å². The highest BCUT2D eigenvalue weighted by Crippen LogP contribution is 2.27. The number of ether oxygens (including phenoxy) is 1. The first kappa shape index (κ1) is 12.8. The molecule has 0 saturated heterocycles. The van der Waals surface area contributed by atoms with Crippen LogP contribution < -0.4 is 15.8 Å². The number of carbonyl (C=O) groups is 1. The van der Waals surface area contributed by atoms with E-state index in [0.717, 1.165) is 25.7 Å². The summed E-state index contributed by atoms with van der Waals surface area (Å²) >= 11 is 0. The van der Waals surface area contributed by atoms with Gasteiger partial charge in [0.05, 0.1) is 5.54 Å². The van der Waals surface area contributed by atoms with Gasteiger partial charge in [-0.2, -0.15) is 0 Å². The van der Waals surface area contributed by atoms with Crippen molar-refractivity contribution < 1.29 is 9.53 Å². The molecule has 18 heavy (non-hydrogen) atoms. The quantitative estimate of drug-likeness (QED) is 0.811. The first-order valence-corrected chi connectivity index (χ1v) is 6.10. The lowest BCUT2D eigenvalue weighted by Crippen LogP contribution is -2.42. The standard InChI is InChI=1S/C12H18N4O2/c1-14-11(17)9-4-5-10(16-15-9)18-8-12(13)6-2-3-7-12/h4-5H,2-3,6-8,13H2,1H3,(H,14,17). The molecule has 0 aromatic carbocycles. The maximum Gasteiger partial charge on any atom is 0.271 e. The second-order valence-electron chi connectivity index (χ2n) is 4.69. The smallest absolute Gasteiger partial charge is 0.271 e. The van der Waals surface area contributed by atoms with Gasteiger partial charge in [-0.3, -0.25) is 4.79 Å². The summed E-state index contributed by atoms with van der Waals surface area (Å²) in [6, 6.07) is 3.22. The molecule has 0 radical (unpaired) electrons. The Balaban J connectivity index is 1.92. The first-order chi connectivity index (χ1) is 8.63. The number of nitrogens with zero attached hydrogens (tertiary/aromatic N) is 2. The molecule has 0 unspecified atom stereocenters. The van der Waals surface area contributed by atoms with Crippen LogP contribution in [0.3, 0.4) is 0 Å².